The van der Waals surface area contributed by atoms with Crippen molar-refractivity contribution in [2.24, 2.45) is 0 Å². The summed E-state index contributed by atoms with van der Waals surface area (Å²) < 4.78 is 0. The van der Waals surface area contributed by atoms with Crippen LogP contribution in [-0.2, 0) is 20.4 Å². The molecule has 0 bridgehead atoms. The monoisotopic (exact) mass is 366 g/mol. The van der Waals surface area contributed by atoms with Gasteiger partial charge < -0.3 is 0 Å². The van der Waals surface area contributed by atoms with Crippen LogP contribution in [0.15, 0.2) is 91.5 Å². The molecule has 1 aliphatic carbocycles. The van der Waals surface area contributed by atoms with Gasteiger partial charge in [-0.05, 0) is 0 Å². The first kappa shape index (κ1) is 21.5. The van der Waals surface area contributed by atoms with Crippen LogP contribution in [0.3, 0.4) is 0 Å². The summed E-state index contributed by atoms with van der Waals surface area (Å²) in [6, 6.07) is 25.0. The van der Waals surface area contributed by atoms with Gasteiger partial charge in [-0.2, -0.15) is 78.9 Å². The van der Waals surface area contributed by atoms with Gasteiger partial charge in [-0.3, -0.25) is 6.08 Å². The van der Waals surface area contributed by atoms with Gasteiger partial charge in [0.25, 0.3) is 0 Å². The summed E-state index contributed by atoms with van der Waals surface area (Å²) >= 11 is 0. The summed E-state index contributed by atoms with van der Waals surface area (Å²) in [5, 5.41) is 0. The Bertz CT molecular complexity index is 349. The Labute approximate surface area is 143 Å². The Morgan fingerprint density at radius 1 is 0.857 bits per heavy atom. The zero-order valence-corrected chi connectivity index (χ0v) is 13.6. The molecule has 3 rings (SSSR count). The molecule has 0 amide bonds. The summed E-state index contributed by atoms with van der Waals surface area (Å²) in [5.41, 5.74) is 0. The van der Waals surface area contributed by atoms with Crippen LogP contribution in [-0.4, -0.2) is 0 Å². The molecule has 0 saturated carbocycles. The first-order valence-corrected chi connectivity index (χ1v) is 6.36. The summed E-state index contributed by atoms with van der Waals surface area (Å²) in [6.07, 6.45) is 11.5. The van der Waals surface area contributed by atoms with Gasteiger partial charge in [0.2, 0.25) is 0 Å². The normalized spacial score (nSPS) is 9.33. The minimum Gasteiger partial charge on any atom is -0.273 e. The van der Waals surface area contributed by atoms with Crippen molar-refractivity contribution >= 4 is 0 Å². The van der Waals surface area contributed by atoms with Gasteiger partial charge >= 0.3 is 0 Å². The standard InChI is InChI=1S/2C6H5.C5H5.C3H5.Pd/c2*1-2-4-6-5-3-1;1-2-4-5-3-1;1-3-2;/h2*1-5H;1-3H,4H2;3H,1-2H2;/q4*-1;. The molecule has 0 atom stereocenters. The maximum absolute atomic E-state index is 3.25. The van der Waals surface area contributed by atoms with Crippen LogP contribution in [0.1, 0.15) is 6.42 Å². The molecule has 0 unspecified atom stereocenters. The van der Waals surface area contributed by atoms with Crippen LogP contribution in [0.4, 0.5) is 0 Å². The van der Waals surface area contributed by atoms with Crippen LogP contribution >= 0.6 is 0 Å². The van der Waals surface area contributed by atoms with E-state index in [4.69, 9.17) is 0 Å². The molecule has 114 valence electrons. The van der Waals surface area contributed by atoms with E-state index < -0.39 is 0 Å². The van der Waals surface area contributed by atoms with Gasteiger partial charge in [0.1, 0.15) is 0 Å². The summed E-state index contributed by atoms with van der Waals surface area (Å²) in [6.45, 7) is 6.50. The summed E-state index contributed by atoms with van der Waals surface area (Å²) in [7, 11) is 0. The van der Waals surface area contributed by atoms with Crippen molar-refractivity contribution in [2.45, 2.75) is 6.42 Å². The third-order valence-electron chi connectivity index (χ3n) is 1.80. The van der Waals surface area contributed by atoms with Crippen molar-refractivity contribution in [3.63, 3.8) is 0 Å². The molecule has 0 spiro atoms. The molecule has 0 radical (unpaired) electrons. The molecule has 0 aliphatic heterocycles. The van der Waals surface area contributed by atoms with Gasteiger partial charge in [-0.25, -0.2) is 31.7 Å². The van der Waals surface area contributed by atoms with E-state index in [0.717, 1.165) is 6.42 Å². The minimum atomic E-state index is 0. The molecule has 0 fully saturated rings. The molecule has 2 aromatic carbocycles. The van der Waals surface area contributed by atoms with Crippen molar-refractivity contribution in [1.29, 1.82) is 0 Å². The molecular weight excluding hydrogens is 347 g/mol. The van der Waals surface area contributed by atoms with E-state index in [9.17, 15) is 0 Å². The largest absolute Gasteiger partial charge is 0.273 e. The molecule has 0 nitrogen and oxygen atoms in total. The molecule has 2 aromatic rings. The molecule has 0 heterocycles. The van der Waals surface area contributed by atoms with E-state index in [1.165, 1.54) is 6.08 Å². The smallest absolute Gasteiger partial charge is 0 e. The Morgan fingerprint density at radius 3 is 1.38 bits per heavy atom. The summed E-state index contributed by atoms with van der Waals surface area (Å²) in [5.74, 6) is 0. The van der Waals surface area contributed by atoms with Crippen LogP contribution in [0.5, 0.6) is 0 Å². The quantitative estimate of drug-likeness (QED) is 0.439. The van der Waals surface area contributed by atoms with E-state index in [0.29, 0.717) is 0 Å². The first-order valence-electron chi connectivity index (χ1n) is 6.36. The van der Waals surface area contributed by atoms with Crippen LogP contribution < -0.4 is 0 Å². The van der Waals surface area contributed by atoms with Crippen molar-refractivity contribution in [2.75, 3.05) is 0 Å². The van der Waals surface area contributed by atoms with Gasteiger partial charge in [-0.1, -0.05) is 0 Å². The molecule has 1 aliphatic rings. The van der Waals surface area contributed by atoms with E-state index >= 15 is 0 Å². The molecule has 0 N–H and O–H groups in total. The van der Waals surface area contributed by atoms with Gasteiger partial charge in [0.15, 0.2) is 0 Å². The van der Waals surface area contributed by atoms with Crippen LogP contribution in [0.2, 0.25) is 0 Å². The second-order valence-electron chi connectivity index (χ2n) is 3.45. The molecule has 1 heteroatoms. The van der Waals surface area contributed by atoms with Crippen molar-refractivity contribution in [3.05, 3.63) is 117 Å². The Balaban J connectivity index is 0. The maximum atomic E-state index is 3.25. The van der Waals surface area contributed by atoms with Gasteiger partial charge in [0.05, 0.1) is 0 Å². The SMILES string of the molecule is C=C[CH2-].[C-]1=CC=CC1.[Pd].[c-]1ccccc1.[c-]1ccccc1. The fourth-order valence-corrected chi connectivity index (χ4v) is 1.02. The van der Waals surface area contributed by atoms with E-state index in [2.05, 4.69) is 37.8 Å². The zero-order chi connectivity index (χ0) is 14.7. The number of hydrogen-bond donors (Lipinski definition) is 0. The van der Waals surface area contributed by atoms with Gasteiger partial charge in [0, 0.05) is 20.4 Å². The number of benzene rings is 2. The Morgan fingerprint density at radius 2 is 1.29 bits per heavy atom. The fraction of sp³-hybridized carbons (Fsp3) is 0.0500. The third kappa shape index (κ3) is 20.7. The van der Waals surface area contributed by atoms with E-state index in [1.807, 2.05) is 72.8 Å². The number of allylic oxidation sites excluding steroid dienone is 5. The third-order valence-corrected chi connectivity index (χ3v) is 1.80. The first-order chi connectivity index (χ1) is 9.91. The minimum absolute atomic E-state index is 0. The topological polar surface area (TPSA) is 0 Å². The molecule has 0 saturated heterocycles. The van der Waals surface area contributed by atoms with Crippen LogP contribution in [0, 0.1) is 25.1 Å². The van der Waals surface area contributed by atoms with E-state index in [-0.39, 0.29) is 20.4 Å². The Hall–Kier alpha value is -1.81. The second-order valence-corrected chi connectivity index (χ2v) is 3.45. The average molecular weight is 367 g/mol. The van der Waals surface area contributed by atoms with Crippen molar-refractivity contribution < 1.29 is 20.4 Å². The molecular formula is C20H20Pd-4. The average Bonchev–Trinajstić information content (AvgIpc) is 3.12. The predicted octanol–water partition coefficient (Wildman–Crippen LogP) is 5.28. The van der Waals surface area contributed by atoms with Crippen molar-refractivity contribution in [1.82, 2.24) is 0 Å². The number of rotatable bonds is 0. The molecule has 21 heavy (non-hydrogen) atoms. The molecule has 0 aromatic heterocycles. The Kier molecular flexibility index (Phi) is 21.0. The zero-order valence-electron chi connectivity index (χ0n) is 12.0. The summed E-state index contributed by atoms with van der Waals surface area (Å²) in [4.78, 5) is 0. The fourth-order valence-electron chi connectivity index (χ4n) is 1.02. The predicted molar refractivity (Wildman–Crippen MR) is 87.7 cm³/mol. The van der Waals surface area contributed by atoms with Crippen LogP contribution in [0.25, 0.3) is 0 Å². The van der Waals surface area contributed by atoms with Crippen molar-refractivity contribution in [3.8, 4) is 0 Å². The van der Waals surface area contributed by atoms with E-state index in [1.54, 1.807) is 0 Å². The van der Waals surface area contributed by atoms with Gasteiger partial charge in [-0.15, -0.1) is 6.42 Å². The number of hydrogen-bond acceptors (Lipinski definition) is 0. The second kappa shape index (κ2) is 20.5. The maximum Gasteiger partial charge on any atom is 0 e.